The number of nitrogens with one attached hydrogen (secondary N) is 1. The van der Waals surface area contributed by atoms with E-state index in [9.17, 15) is 9.18 Å². The summed E-state index contributed by atoms with van der Waals surface area (Å²) in [4.78, 5) is 13.8. The number of hydrogen-bond donors (Lipinski definition) is 2. The second kappa shape index (κ2) is 12.0. The number of nitrogens with two attached hydrogens (primary N) is 1. The summed E-state index contributed by atoms with van der Waals surface area (Å²) in [6, 6.07) is 17.1. The molecule has 3 N–H and O–H groups in total. The van der Waals surface area contributed by atoms with E-state index in [0.29, 0.717) is 24.6 Å². The molecule has 0 radical (unpaired) electrons. The molecule has 3 rings (SSSR count). The molecule has 1 atom stereocenters. The number of carbonyl (C=O) groups is 1. The first kappa shape index (κ1) is 25.0. The predicted octanol–water partition coefficient (Wildman–Crippen LogP) is 5.99. The quantitative estimate of drug-likeness (QED) is 0.200. The highest BCUT2D eigenvalue weighted by atomic mass is 32.2. The molecule has 33 heavy (non-hydrogen) atoms. The Labute approximate surface area is 203 Å². The minimum absolute atomic E-state index is 0.0275. The van der Waals surface area contributed by atoms with Crippen LogP contribution in [-0.2, 0) is 11.2 Å². The number of amides is 1. The number of benzene rings is 2. The molecule has 4 nitrogen and oxygen atoms in total. The molecule has 0 aliphatic rings. The maximum atomic E-state index is 14.4. The van der Waals surface area contributed by atoms with Crippen LogP contribution in [0.4, 0.5) is 4.39 Å². The molecular weight excluding hydrogens is 453 g/mol. The molecule has 0 saturated carbocycles. The van der Waals surface area contributed by atoms with Crippen molar-refractivity contribution in [1.29, 1.82) is 5.26 Å². The lowest BCUT2D eigenvalue weighted by atomic mass is 10.00. The second-order valence-electron chi connectivity index (χ2n) is 8.13. The average molecular weight is 482 g/mol. The van der Waals surface area contributed by atoms with Crippen molar-refractivity contribution in [3.8, 4) is 27.6 Å². The van der Waals surface area contributed by atoms with Crippen LogP contribution >= 0.6 is 23.1 Å². The molecule has 1 aromatic heterocycles. The van der Waals surface area contributed by atoms with Crippen LogP contribution in [0.2, 0.25) is 0 Å². The van der Waals surface area contributed by atoms with Crippen molar-refractivity contribution in [3.05, 3.63) is 64.8 Å². The van der Waals surface area contributed by atoms with Crippen LogP contribution in [0.1, 0.15) is 37.1 Å². The SMILES string of the molecule is CC(C)Sc1ccc(-c2sc(CC(N)CCCNC=O)cc2-c2ccc(C#N)c(F)c2)cc1. The number of rotatable bonds is 11. The van der Waals surface area contributed by atoms with E-state index in [1.165, 1.54) is 17.0 Å². The van der Waals surface area contributed by atoms with Crippen molar-refractivity contribution in [2.75, 3.05) is 6.54 Å². The summed E-state index contributed by atoms with van der Waals surface area (Å²) in [7, 11) is 0. The molecule has 1 heterocycles. The van der Waals surface area contributed by atoms with E-state index in [-0.39, 0.29) is 11.6 Å². The summed E-state index contributed by atoms with van der Waals surface area (Å²) in [5, 5.41) is 12.2. The minimum Gasteiger partial charge on any atom is -0.359 e. The molecule has 2 aromatic carbocycles. The summed E-state index contributed by atoms with van der Waals surface area (Å²) < 4.78 is 14.4. The number of thiophene rings is 1. The van der Waals surface area contributed by atoms with Gasteiger partial charge in [-0.1, -0.05) is 32.0 Å². The van der Waals surface area contributed by atoms with Gasteiger partial charge in [0.05, 0.1) is 5.56 Å². The van der Waals surface area contributed by atoms with Gasteiger partial charge in [0, 0.05) is 38.0 Å². The average Bonchev–Trinajstić information content (AvgIpc) is 3.20. The number of nitrogens with zero attached hydrogens (tertiary/aromatic N) is 1. The molecule has 7 heteroatoms. The van der Waals surface area contributed by atoms with E-state index in [1.54, 1.807) is 17.4 Å². The number of thioether (sulfide) groups is 1. The zero-order chi connectivity index (χ0) is 23.8. The molecule has 1 unspecified atom stereocenters. The van der Waals surface area contributed by atoms with E-state index in [2.05, 4.69) is 49.5 Å². The summed E-state index contributed by atoms with van der Waals surface area (Å²) in [5.74, 6) is -0.517. The number of hydrogen-bond acceptors (Lipinski definition) is 5. The number of carbonyl (C=O) groups excluding carboxylic acids is 1. The van der Waals surface area contributed by atoms with E-state index >= 15 is 0 Å². The number of nitriles is 1. The predicted molar refractivity (Wildman–Crippen MR) is 136 cm³/mol. The fraction of sp³-hybridized carbons (Fsp3) is 0.308. The van der Waals surface area contributed by atoms with Gasteiger partial charge in [0.15, 0.2) is 0 Å². The van der Waals surface area contributed by atoms with Crippen molar-refractivity contribution in [2.24, 2.45) is 5.73 Å². The smallest absolute Gasteiger partial charge is 0.207 e. The van der Waals surface area contributed by atoms with Gasteiger partial charge in [-0.3, -0.25) is 4.79 Å². The third kappa shape index (κ3) is 6.91. The van der Waals surface area contributed by atoms with Crippen molar-refractivity contribution in [2.45, 2.75) is 49.3 Å². The second-order valence-corrected chi connectivity index (χ2v) is 10.9. The lowest BCUT2D eigenvalue weighted by Gasteiger charge is -2.09. The molecule has 0 fully saturated rings. The van der Waals surface area contributed by atoms with Gasteiger partial charge in [0.25, 0.3) is 0 Å². The molecular formula is C26H28FN3OS2. The van der Waals surface area contributed by atoms with Crippen LogP contribution < -0.4 is 11.1 Å². The molecule has 0 aliphatic heterocycles. The first-order valence-electron chi connectivity index (χ1n) is 10.9. The van der Waals surface area contributed by atoms with Crippen molar-refractivity contribution in [1.82, 2.24) is 5.32 Å². The Kier molecular flexibility index (Phi) is 9.07. The molecule has 0 bridgehead atoms. The lowest BCUT2D eigenvalue weighted by molar-refractivity contribution is -0.109. The zero-order valence-electron chi connectivity index (χ0n) is 18.8. The minimum atomic E-state index is -0.517. The Balaban J connectivity index is 1.92. The molecule has 0 aliphatic carbocycles. The topological polar surface area (TPSA) is 78.9 Å². The Bertz CT molecular complexity index is 1120. The Hall–Kier alpha value is -2.66. The Morgan fingerprint density at radius 1 is 1.18 bits per heavy atom. The zero-order valence-corrected chi connectivity index (χ0v) is 20.4. The third-order valence-corrected chi connectivity index (χ3v) is 7.34. The van der Waals surface area contributed by atoms with Gasteiger partial charge in [-0.25, -0.2) is 4.39 Å². The van der Waals surface area contributed by atoms with E-state index in [0.717, 1.165) is 39.3 Å². The van der Waals surface area contributed by atoms with Gasteiger partial charge in [-0.05, 0) is 60.7 Å². The van der Waals surface area contributed by atoms with Crippen LogP contribution in [0, 0.1) is 17.1 Å². The number of halogens is 1. The first-order chi connectivity index (χ1) is 15.9. The van der Waals surface area contributed by atoms with Crippen LogP contribution in [-0.4, -0.2) is 24.2 Å². The van der Waals surface area contributed by atoms with E-state index in [1.807, 2.05) is 17.8 Å². The maximum Gasteiger partial charge on any atom is 0.207 e. The largest absolute Gasteiger partial charge is 0.359 e. The maximum absolute atomic E-state index is 14.4. The monoisotopic (exact) mass is 481 g/mol. The van der Waals surface area contributed by atoms with Gasteiger partial charge in [-0.2, -0.15) is 5.26 Å². The lowest BCUT2D eigenvalue weighted by Crippen LogP contribution is -2.24. The summed E-state index contributed by atoms with van der Waals surface area (Å²) in [6.45, 7) is 4.95. The summed E-state index contributed by atoms with van der Waals surface area (Å²) in [5.41, 5.74) is 9.14. The third-order valence-electron chi connectivity index (χ3n) is 5.11. The van der Waals surface area contributed by atoms with E-state index in [4.69, 9.17) is 11.0 Å². The van der Waals surface area contributed by atoms with Gasteiger partial charge in [0.1, 0.15) is 11.9 Å². The van der Waals surface area contributed by atoms with Gasteiger partial charge < -0.3 is 11.1 Å². The Morgan fingerprint density at radius 2 is 1.91 bits per heavy atom. The van der Waals surface area contributed by atoms with Crippen molar-refractivity contribution < 1.29 is 9.18 Å². The fourth-order valence-corrected chi connectivity index (χ4v) is 5.70. The van der Waals surface area contributed by atoms with Crippen LogP contribution in [0.25, 0.3) is 21.6 Å². The molecule has 0 spiro atoms. The molecule has 3 aromatic rings. The molecule has 1 amide bonds. The normalized spacial score (nSPS) is 11.9. The van der Waals surface area contributed by atoms with E-state index < -0.39 is 5.82 Å². The van der Waals surface area contributed by atoms with Gasteiger partial charge >= 0.3 is 0 Å². The first-order valence-corrected chi connectivity index (χ1v) is 12.6. The van der Waals surface area contributed by atoms with Gasteiger partial charge in [0.2, 0.25) is 6.41 Å². The molecule has 172 valence electrons. The standard InChI is InChI=1S/C26H28FN3OS2/c1-17(2)32-22-9-7-18(8-10-22)26-24(19-5-6-20(15-28)25(27)12-19)14-23(33-26)13-21(29)4-3-11-30-16-31/h5-10,12,14,16-17,21H,3-4,11,13,29H2,1-2H3,(H,30,31). The summed E-state index contributed by atoms with van der Waals surface area (Å²) >= 11 is 3.48. The summed E-state index contributed by atoms with van der Waals surface area (Å²) in [6.07, 6.45) is 3.03. The van der Waals surface area contributed by atoms with Crippen molar-refractivity contribution in [3.63, 3.8) is 0 Å². The molecule has 0 saturated heterocycles. The highest BCUT2D eigenvalue weighted by Gasteiger charge is 2.16. The van der Waals surface area contributed by atoms with Crippen LogP contribution in [0.15, 0.2) is 53.4 Å². The van der Waals surface area contributed by atoms with Gasteiger partial charge in [-0.15, -0.1) is 23.1 Å². The highest BCUT2D eigenvalue weighted by Crippen LogP contribution is 2.41. The Morgan fingerprint density at radius 3 is 2.55 bits per heavy atom. The highest BCUT2D eigenvalue weighted by molar-refractivity contribution is 7.99. The van der Waals surface area contributed by atoms with Crippen LogP contribution in [0.5, 0.6) is 0 Å². The van der Waals surface area contributed by atoms with Crippen LogP contribution in [0.3, 0.4) is 0 Å². The fourth-order valence-electron chi connectivity index (χ4n) is 3.59. The van der Waals surface area contributed by atoms with Crippen molar-refractivity contribution >= 4 is 29.5 Å².